The van der Waals surface area contributed by atoms with E-state index in [1.807, 2.05) is 17.7 Å². The predicted molar refractivity (Wildman–Crippen MR) is 82.3 cm³/mol. The summed E-state index contributed by atoms with van der Waals surface area (Å²) in [6, 6.07) is 6.63. The summed E-state index contributed by atoms with van der Waals surface area (Å²) in [6.45, 7) is 0. The molecule has 0 aliphatic heterocycles. The maximum Gasteiger partial charge on any atom is 0.272 e. The van der Waals surface area contributed by atoms with E-state index in [4.69, 9.17) is 4.74 Å². The number of ether oxygens (including phenoxy) is 1. The van der Waals surface area contributed by atoms with Gasteiger partial charge in [0.25, 0.3) is 5.91 Å². The van der Waals surface area contributed by atoms with Crippen molar-refractivity contribution < 1.29 is 9.53 Å². The summed E-state index contributed by atoms with van der Waals surface area (Å²) in [4.78, 5) is 30.8. The molecule has 1 aromatic carbocycles. The van der Waals surface area contributed by atoms with Crippen molar-refractivity contribution >= 4 is 22.6 Å². The van der Waals surface area contributed by atoms with Crippen LogP contribution in [0.5, 0.6) is 5.75 Å². The van der Waals surface area contributed by atoms with Crippen LogP contribution in [0.25, 0.3) is 11.0 Å². The molecule has 3 rings (SSSR count). The van der Waals surface area contributed by atoms with Crippen LogP contribution in [0, 0.1) is 0 Å². The Balaban J connectivity index is 1.86. The molecule has 0 unspecified atom stereocenters. The number of carbonyl (C=O) groups excluding carboxylic acids is 1. The Hall–Kier alpha value is -3.09. The van der Waals surface area contributed by atoms with Crippen molar-refractivity contribution in [1.29, 1.82) is 0 Å². The van der Waals surface area contributed by atoms with Crippen molar-refractivity contribution in [1.82, 2.24) is 14.5 Å². The molecule has 2 N–H and O–H groups in total. The quantitative estimate of drug-likeness (QED) is 0.767. The molecule has 7 nitrogen and oxygen atoms in total. The number of imidazole rings is 1. The Kier molecular flexibility index (Phi) is 3.38. The van der Waals surface area contributed by atoms with Crippen LogP contribution >= 0.6 is 0 Å². The van der Waals surface area contributed by atoms with Crippen LogP contribution in [0.2, 0.25) is 0 Å². The Morgan fingerprint density at radius 1 is 1.36 bits per heavy atom. The van der Waals surface area contributed by atoms with Crippen LogP contribution in [-0.4, -0.2) is 27.6 Å². The lowest BCUT2D eigenvalue weighted by Gasteiger charge is -2.06. The Morgan fingerprint density at radius 3 is 2.91 bits per heavy atom. The zero-order chi connectivity index (χ0) is 15.7. The fraction of sp³-hybridized carbons (Fsp3) is 0.133. The van der Waals surface area contributed by atoms with E-state index in [0.717, 1.165) is 11.0 Å². The molecule has 0 spiro atoms. The molecule has 0 aliphatic carbocycles. The largest absolute Gasteiger partial charge is 0.491 e. The minimum Gasteiger partial charge on any atom is -0.491 e. The predicted octanol–water partition coefficient (Wildman–Crippen LogP) is 1.52. The summed E-state index contributed by atoms with van der Waals surface area (Å²) in [5, 5.41) is 2.73. The van der Waals surface area contributed by atoms with E-state index >= 15 is 0 Å². The van der Waals surface area contributed by atoms with Gasteiger partial charge in [0, 0.05) is 25.0 Å². The lowest BCUT2D eigenvalue weighted by Crippen LogP contribution is -2.17. The summed E-state index contributed by atoms with van der Waals surface area (Å²) < 4.78 is 6.75. The number of amides is 1. The number of pyridine rings is 1. The van der Waals surface area contributed by atoms with Gasteiger partial charge in [-0.25, -0.2) is 4.98 Å². The molecule has 7 heteroatoms. The molecule has 0 aliphatic rings. The first kappa shape index (κ1) is 13.9. The van der Waals surface area contributed by atoms with Crippen LogP contribution in [0.15, 0.2) is 41.6 Å². The van der Waals surface area contributed by atoms with E-state index in [9.17, 15) is 9.59 Å². The Bertz CT molecular complexity index is 911. The van der Waals surface area contributed by atoms with Crippen molar-refractivity contribution in [3.8, 4) is 5.75 Å². The highest BCUT2D eigenvalue weighted by molar-refractivity contribution is 6.03. The maximum atomic E-state index is 12.2. The number of anilines is 1. The lowest BCUT2D eigenvalue weighted by molar-refractivity contribution is 0.102. The summed E-state index contributed by atoms with van der Waals surface area (Å²) >= 11 is 0. The van der Waals surface area contributed by atoms with Crippen LogP contribution < -0.4 is 15.5 Å². The standard InChI is InChI=1S/C15H14N4O3/c1-19-8-17-10-5-9(3-4-12(10)19)18-15(21)11-6-13(20)14(22-2)7-16-11/h3-8H,1-2H3,(H,16,20)(H,18,21). The monoisotopic (exact) mass is 298 g/mol. The topological polar surface area (TPSA) is 89.0 Å². The normalized spacial score (nSPS) is 10.6. The lowest BCUT2D eigenvalue weighted by atomic mass is 10.2. The molecule has 2 aromatic heterocycles. The molecule has 3 aromatic rings. The maximum absolute atomic E-state index is 12.2. The van der Waals surface area contributed by atoms with Crippen LogP contribution in [0.4, 0.5) is 5.69 Å². The highest BCUT2D eigenvalue weighted by Gasteiger charge is 2.10. The number of rotatable bonds is 3. The molecule has 0 bridgehead atoms. The van der Waals surface area contributed by atoms with Gasteiger partial charge in [-0.2, -0.15) is 0 Å². The minimum absolute atomic E-state index is 0.159. The number of nitrogens with one attached hydrogen (secondary N) is 2. The number of hydrogen-bond donors (Lipinski definition) is 2. The molecule has 2 heterocycles. The number of benzene rings is 1. The summed E-state index contributed by atoms with van der Waals surface area (Å²) in [7, 11) is 3.29. The number of aromatic amines is 1. The van der Waals surface area contributed by atoms with E-state index in [-0.39, 0.29) is 16.9 Å². The van der Waals surface area contributed by atoms with Crippen LogP contribution in [-0.2, 0) is 7.05 Å². The molecule has 0 saturated carbocycles. The van der Waals surface area contributed by atoms with E-state index < -0.39 is 5.91 Å². The SMILES string of the molecule is COc1c[nH]c(C(=O)Nc2ccc3c(c2)ncn3C)cc1=O. The first-order valence-electron chi connectivity index (χ1n) is 6.57. The second-order valence-corrected chi connectivity index (χ2v) is 4.79. The number of fused-ring (bicyclic) bond motifs is 1. The number of methoxy groups -OCH3 is 1. The van der Waals surface area contributed by atoms with Crippen molar-refractivity contribution in [2.75, 3.05) is 12.4 Å². The highest BCUT2D eigenvalue weighted by Crippen LogP contribution is 2.17. The Morgan fingerprint density at radius 2 is 2.18 bits per heavy atom. The summed E-state index contributed by atoms with van der Waals surface area (Å²) in [5.74, 6) is -0.249. The second kappa shape index (κ2) is 5.36. The number of aryl methyl sites for hydroxylation is 1. The zero-order valence-electron chi connectivity index (χ0n) is 12.1. The number of carbonyl (C=O) groups is 1. The molecular weight excluding hydrogens is 284 g/mol. The summed E-state index contributed by atoms with van der Waals surface area (Å²) in [5.41, 5.74) is 2.16. The first-order valence-corrected chi connectivity index (χ1v) is 6.57. The van der Waals surface area contributed by atoms with Crippen molar-refractivity contribution in [3.63, 3.8) is 0 Å². The van der Waals surface area contributed by atoms with Gasteiger partial charge in [-0.15, -0.1) is 0 Å². The van der Waals surface area contributed by atoms with Gasteiger partial charge in [-0.3, -0.25) is 9.59 Å². The van der Waals surface area contributed by atoms with E-state index in [2.05, 4.69) is 15.3 Å². The molecule has 0 atom stereocenters. The first-order chi connectivity index (χ1) is 10.6. The zero-order valence-corrected chi connectivity index (χ0v) is 12.1. The van der Waals surface area contributed by atoms with Gasteiger partial charge in [-0.1, -0.05) is 0 Å². The van der Waals surface area contributed by atoms with Gasteiger partial charge in [-0.05, 0) is 18.2 Å². The number of H-pyrrole nitrogens is 1. The highest BCUT2D eigenvalue weighted by atomic mass is 16.5. The number of aromatic nitrogens is 3. The van der Waals surface area contributed by atoms with Gasteiger partial charge >= 0.3 is 0 Å². The van der Waals surface area contributed by atoms with Gasteiger partial charge in [0.1, 0.15) is 5.69 Å². The molecule has 0 fully saturated rings. The van der Waals surface area contributed by atoms with Crippen molar-refractivity contribution in [2.45, 2.75) is 0 Å². The molecule has 1 amide bonds. The molecule has 22 heavy (non-hydrogen) atoms. The van der Waals surface area contributed by atoms with Crippen molar-refractivity contribution in [3.05, 3.63) is 52.7 Å². The van der Waals surface area contributed by atoms with Gasteiger partial charge in [0.15, 0.2) is 5.75 Å². The fourth-order valence-electron chi connectivity index (χ4n) is 2.16. The average Bonchev–Trinajstić information content (AvgIpc) is 2.88. The van der Waals surface area contributed by atoms with Gasteiger partial charge in [0.05, 0.1) is 24.5 Å². The second-order valence-electron chi connectivity index (χ2n) is 4.79. The third kappa shape index (κ3) is 2.44. The molecule has 0 saturated heterocycles. The number of hydrogen-bond acceptors (Lipinski definition) is 4. The molecule has 112 valence electrons. The third-order valence-electron chi connectivity index (χ3n) is 3.32. The van der Waals surface area contributed by atoms with Crippen LogP contribution in [0.1, 0.15) is 10.5 Å². The van der Waals surface area contributed by atoms with E-state index in [0.29, 0.717) is 5.69 Å². The summed E-state index contributed by atoms with van der Waals surface area (Å²) in [6.07, 6.45) is 3.07. The van der Waals surface area contributed by atoms with Gasteiger partial charge in [0.2, 0.25) is 5.43 Å². The minimum atomic E-state index is -0.407. The average molecular weight is 298 g/mol. The molecule has 0 radical (unpaired) electrons. The van der Waals surface area contributed by atoms with E-state index in [1.54, 1.807) is 18.5 Å². The van der Waals surface area contributed by atoms with Crippen molar-refractivity contribution in [2.24, 2.45) is 7.05 Å². The fourth-order valence-corrected chi connectivity index (χ4v) is 2.16. The molecular formula is C15H14N4O3. The third-order valence-corrected chi connectivity index (χ3v) is 3.32. The number of nitrogens with zero attached hydrogens (tertiary/aromatic N) is 2. The Labute approximate surface area is 125 Å². The van der Waals surface area contributed by atoms with Gasteiger partial charge < -0.3 is 19.6 Å². The van der Waals surface area contributed by atoms with Crippen LogP contribution in [0.3, 0.4) is 0 Å². The van der Waals surface area contributed by atoms with E-state index in [1.165, 1.54) is 19.4 Å². The smallest absolute Gasteiger partial charge is 0.272 e.